The van der Waals surface area contributed by atoms with Crippen molar-refractivity contribution < 1.29 is 0 Å². The fourth-order valence-electron chi connectivity index (χ4n) is 3.46. The number of nitrogens with one attached hydrogen (secondary N) is 2. The van der Waals surface area contributed by atoms with Gasteiger partial charge in [0, 0.05) is 28.3 Å². The minimum atomic E-state index is 0. The lowest BCUT2D eigenvalue weighted by Crippen LogP contribution is -2.22. The summed E-state index contributed by atoms with van der Waals surface area (Å²) < 4.78 is 0. The highest BCUT2D eigenvalue weighted by Crippen LogP contribution is 2.31. The van der Waals surface area contributed by atoms with Crippen LogP contribution in [0.4, 0.5) is 5.69 Å². The molecule has 0 amide bonds. The van der Waals surface area contributed by atoms with Crippen LogP contribution < -0.4 is 5.32 Å². The molecule has 1 fully saturated rings. The number of aryl methyl sites for hydroxylation is 1. The van der Waals surface area contributed by atoms with Crippen molar-refractivity contribution in [3.63, 3.8) is 0 Å². The fourth-order valence-corrected chi connectivity index (χ4v) is 3.46. The number of halogens is 1. The summed E-state index contributed by atoms with van der Waals surface area (Å²) in [6.45, 7) is 2.10. The lowest BCUT2D eigenvalue weighted by Gasteiger charge is -2.25. The summed E-state index contributed by atoms with van der Waals surface area (Å²) in [7, 11) is 0. The number of anilines is 1. The number of hydrogen-bond acceptors (Lipinski definition) is 3. The Kier molecular flexibility index (Phi) is 4.21. The quantitative estimate of drug-likeness (QED) is 0.727. The van der Waals surface area contributed by atoms with Crippen molar-refractivity contribution in [1.29, 1.82) is 0 Å². The zero-order valence-corrected chi connectivity index (χ0v) is 13.5. The molecule has 0 bridgehead atoms. The van der Waals surface area contributed by atoms with E-state index in [-0.39, 0.29) is 12.4 Å². The van der Waals surface area contributed by atoms with E-state index in [9.17, 15) is 0 Å². The van der Waals surface area contributed by atoms with Crippen molar-refractivity contribution in [2.75, 3.05) is 5.32 Å². The van der Waals surface area contributed by atoms with E-state index in [0.717, 1.165) is 16.6 Å². The van der Waals surface area contributed by atoms with Crippen LogP contribution in [0.15, 0.2) is 24.5 Å². The molecule has 1 aliphatic rings. The molecule has 0 aliphatic heterocycles. The van der Waals surface area contributed by atoms with Crippen molar-refractivity contribution in [2.45, 2.75) is 45.1 Å². The molecule has 0 radical (unpaired) electrons. The van der Waals surface area contributed by atoms with E-state index < -0.39 is 0 Å². The second kappa shape index (κ2) is 6.13. The molecular weight excluding hydrogens is 296 g/mol. The topological polar surface area (TPSA) is 53.6 Å². The summed E-state index contributed by atoms with van der Waals surface area (Å²) in [6, 6.07) is 6.92. The minimum absolute atomic E-state index is 0. The Morgan fingerprint density at radius 1 is 1.14 bits per heavy atom. The van der Waals surface area contributed by atoms with Gasteiger partial charge in [0.05, 0.1) is 5.52 Å². The second-order valence-electron chi connectivity index (χ2n) is 6.07. The monoisotopic (exact) mass is 316 g/mol. The molecule has 4 nitrogen and oxygen atoms in total. The van der Waals surface area contributed by atoms with E-state index in [1.165, 1.54) is 48.9 Å². The van der Waals surface area contributed by atoms with Gasteiger partial charge in [0.2, 0.25) is 0 Å². The Morgan fingerprint density at radius 3 is 2.77 bits per heavy atom. The predicted molar refractivity (Wildman–Crippen MR) is 93.9 cm³/mol. The largest absolute Gasteiger partial charge is 0.382 e. The van der Waals surface area contributed by atoms with Gasteiger partial charge in [-0.2, -0.15) is 0 Å². The van der Waals surface area contributed by atoms with Gasteiger partial charge in [-0.15, -0.1) is 12.4 Å². The number of aromatic nitrogens is 3. The van der Waals surface area contributed by atoms with Gasteiger partial charge in [0.15, 0.2) is 0 Å². The van der Waals surface area contributed by atoms with Gasteiger partial charge in [-0.05, 0) is 38.0 Å². The van der Waals surface area contributed by atoms with Gasteiger partial charge in [-0.1, -0.05) is 19.3 Å². The second-order valence-corrected chi connectivity index (χ2v) is 6.07. The summed E-state index contributed by atoms with van der Waals surface area (Å²) >= 11 is 0. The maximum Gasteiger partial charge on any atom is 0.116 e. The van der Waals surface area contributed by atoms with E-state index in [1.807, 2.05) is 6.07 Å². The molecule has 0 spiro atoms. The Balaban J connectivity index is 0.00000144. The molecule has 1 saturated carbocycles. The van der Waals surface area contributed by atoms with Gasteiger partial charge in [-0.3, -0.25) is 0 Å². The zero-order chi connectivity index (χ0) is 14.2. The standard InChI is InChI=1S/C17H20N4.ClH/c1-11-9-15(21-12-5-3-2-4-6-12)16-13(20-11)7-8-14-17(16)19-10-18-14;/h7-10,12,20-21H,2-6H2,1H3;1H. The zero-order valence-electron chi connectivity index (χ0n) is 12.7. The number of hydrogen-bond donors (Lipinski definition) is 2. The van der Waals surface area contributed by atoms with Gasteiger partial charge in [0.1, 0.15) is 11.8 Å². The van der Waals surface area contributed by atoms with Gasteiger partial charge in [-0.25, -0.2) is 9.97 Å². The average molecular weight is 317 g/mol. The maximum absolute atomic E-state index is 4.46. The SMILES string of the molecule is Cc1cc(NC2CCCCC2)c2c(ccc3ncnc32)[nH]1.Cl. The fraction of sp³-hybridized carbons (Fsp3) is 0.412. The lowest BCUT2D eigenvalue weighted by molar-refractivity contribution is 0.463. The van der Waals surface area contributed by atoms with E-state index in [1.54, 1.807) is 6.33 Å². The van der Waals surface area contributed by atoms with Gasteiger partial charge in [0.25, 0.3) is 0 Å². The first-order valence-corrected chi connectivity index (χ1v) is 7.81. The van der Waals surface area contributed by atoms with Gasteiger partial charge < -0.3 is 10.3 Å². The van der Waals surface area contributed by atoms with Crippen LogP contribution in [0.1, 0.15) is 37.8 Å². The molecule has 1 aromatic carbocycles. The van der Waals surface area contributed by atoms with E-state index in [2.05, 4.69) is 39.3 Å². The molecule has 2 heterocycles. The molecule has 0 unspecified atom stereocenters. The number of pyridine rings is 1. The summed E-state index contributed by atoms with van der Waals surface area (Å²) in [5.74, 6) is 0. The number of fused-ring (bicyclic) bond motifs is 3. The first kappa shape index (κ1) is 15.1. The van der Waals surface area contributed by atoms with Crippen LogP contribution in [-0.4, -0.2) is 21.0 Å². The third-order valence-electron chi connectivity index (χ3n) is 4.47. The van der Waals surface area contributed by atoms with Crippen molar-refractivity contribution in [2.24, 2.45) is 0 Å². The molecular formula is C17H21ClN4. The Labute approximate surface area is 136 Å². The lowest BCUT2D eigenvalue weighted by atomic mass is 9.95. The number of rotatable bonds is 2. The van der Waals surface area contributed by atoms with E-state index in [0.29, 0.717) is 6.04 Å². The van der Waals surface area contributed by atoms with Crippen LogP contribution in [0.25, 0.3) is 21.9 Å². The van der Waals surface area contributed by atoms with Crippen LogP contribution >= 0.6 is 12.4 Å². The molecule has 3 aromatic rings. The molecule has 2 aromatic heterocycles. The molecule has 2 N–H and O–H groups in total. The highest BCUT2D eigenvalue weighted by Gasteiger charge is 2.16. The molecule has 0 saturated heterocycles. The Hall–Kier alpha value is -1.81. The van der Waals surface area contributed by atoms with E-state index >= 15 is 0 Å². The number of benzene rings is 1. The smallest absolute Gasteiger partial charge is 0.116 e. The van der Waals surface area contributed by atoms with Crippen molar-refractivity contribution >= 4 is 40.0 Å². The maximum atomic E-state index is 4.46. The Bertz CT molecular complexity index is 790. The summed E-state index contributed by atoms with van der Waals surface area (Å²) in [6.07, 6.45) is 8.22. The van der Waals surface area contributed by atoms with Crippen LogP contribution in [0.3, 0.4) is 0 Å². The molecule has 22 heavy (non-hydrogen) atoms. The number of aromatic amines is 1. The summed E-state index contributed by atoms with van der Waals surface area (Å²) in [5, 5.41) is 4.93. The number of imidazole rings is 1. The third kappa shape index (κ3) is 2.63. The highest BCUT2D eigenvalue weighted by atomic mass is 35.5. The van der Waals surface area contributed by atoms with Crippen LogP contribution in [0.5, 0.6) is 0 Å². The first-order chi connectivity index (χ1) is 10.3. The predicted octanol–water partition coefficient (Wildman–Crippen LogP) is 4.59. The molecule has 4 rings (SSSR count). The van der Waals surface area contributed by atoms with Crippen molar-refractivity contribution in [3.05, 3.63) is 30.2 Å². The number of nitrogens with zero attached hydrogens (tertiary/aromatic N) is 2. The molecule has 116 valence electrons. The van der Waals surface area contributed by atoms with Crippen molar-refractivity contribution in [3.8, 4) is 0 Å². The normalized spacial score (nSPS) is 15.9. The molecule has 1 aliphatic carbocycles. The van der Waals surface area contributed by atoms with Crippen LogP contribution in [0, 0.1) is 6.92 Å². The highest BCUT2D eigenvalue weighted by molar-refractivity contribution is 6.09. The Morgan fingerprint density at radius 2 is 1.95 bits per heavy atom. The first-order valence-electron chi connectivity index (χ1n) is 7.81. The van der Waals surface area contributed by atoms with Crippen LogP contribution in [-0.2, 0) is 0 Å². The number of H-pyrrole nitrogens is 1. The van der Waals surface area contributed by atoms with Crippen LogP contribution in [0.2, 0.25) is 0 Å². The minimum Gasteiger partial charge on any atom is -0.382 e. The third-order valence-corrected chi connectivity index (χ3v) is 4.47. The summed E-state index contributed by atoms with van der Waals surface area (Å²) in [4.78, 5) is 12.2. The molecule has 0 atom stereocenters. The van der Waals surface area contributed by atoms with Gasteiger partial charge >= 0.3 is 0 Å². The molecule has 5 heteroatoms. The van der Waals surface area contributed by atoms with E-state index in [4.69, 9.17) is 0 Å². The summed E-state index contributed by atoms with van der Waals surface area (Å²) in [5.41, 5.74) is 5.44. The average Bonchev–Trinajstić information content (AvgIpc) is 2.96. The van der Waals surface area contributed by atoms with Crippen molar-refractivity contribution in [1.82, 2.24) is 15.0 Å².